The van der Waals surface area contributed by atoms with E-state index in [-0.39, 0.29) is 23.9 Å². The second kappa shape index (κ2) is 9.07. The number of nitrogens with zero attached hydrogens (tertiary/aromatic N) is 2. The zero-order valence-electron chi connectivity index (χ0n) is 22.1. The highest BCUT2D eigenvalue weighted by molar-refractivity contribution is 6.53. The molecule has 1 atom stereocenters. The molecule has 16 heteroatoms. The molecule has 2 aromatic rings. The minimum Gasteiger partial charge on any atom is -0.393 e. The molecule has 2 aliphatic rings. The first kappa shape index (κ1) is 28.1. The van der Waals surface area contributed by atoms with E-state index in [4.69, 9.17) is 11.6 Å². The van der Waals surface area contributed by atoms with Crippen LogP contribution in [0, 0.1) is 0 Å². The largest absolute Gasteiger partial charge is 0.393 e. The SMILES string of the molecule is BN(C(=O)C(F)(F)c1ccc(Cl)cc1)C(B)(B)c1ccc2c(c1)CN([C@]1(B)CC(B)(B)C(=O)NC1=O)C2=O. The van der Waals surface area contributed by atoms with Gasteiger partial charge in [0.05, 0.1) is 5.44 Å². The van der Waals surface area contributed by atoms with Crippen LogP contribution in [-0.4, -0.2) is 86.0 Å². The number of nitrogens with one attached hydrogen (secondary N) is 1. The van der Waals surface area contributed by atoms with E-state index in [0.29, 0.717) is 16.7 Å². The van der Waals surface area contributed by atoms with E-state index in [0.717, 1.165) is 16.9 Å². The number of hydrogen-bond acceptors (Lipinski definition) is 4. The summed E-state index contributed by atoms with van der Waals surface area (Å²) in [7, 11) is 9.66. The van der Waals surface area contributed by atoms with Crippen LogP contribution in [-0.2, 0) is 32.2 Å². The quantitative estimate of drug-likeness (QED) is 0.321. The average Bonchev–Trinajstić information content (AvgIpc) is 3.18. The van der Waals surface area contributed by atoms with Crippen LogP contribution in [0.5, 0.6) is 0 Å². The van der Waals surface area contributed by atoms with E-state index in [1.165, 1.54) is 25.0 Å². The molecule has 0 aliphatic carbocycles. The van der Waals surface area contributed by atoms with Crippen LogP contribution in [0.3, 0.4) is 0 Å². The number of alkyl halides is 2. The van der Waals surface area contributed by atoms with Gasteiger partial charge in [-0.15, -0.1) is 0 Å². The van der Waals surface area contributed by atoms with Gasteiger partial charge in [-0.2, -0.15) is 8.78 Å². The van der Waals surface area contributed by atoms with Crippen molar-refractivity contribution in [3.05, 3.63) is 69.7 Å². The summed E-state index contributed by atoms with van der Waals surface area (Å²) in [4.78, 5) is 53.9. The van der Waals surface area contributed by atoms with Gasteiger partial charge in [0, 0.05) is 22.7 Å². The summed E-state index contributed by atoms with van der Waals surface area (Å²) >= 11 is 5.81. The maximum absolute atomic E-state index is 15.1. The van der Waals surface area contributed by atoms with Crippen LogP contribution in [0.25, 0.3) is 0 Å². The number of halogens is 3. The molecule has 0 saturated carbocycles. The van der Waals surface area contributed by atoms with Crippen molar-refractivity contribution in [2.24, 2.45) is 0 Å². The topological polar surface area (TPSA) is 86.8 Å². The molecule has 0 unspecified atom stereocenters. The third-order valence-corrected chi connectivity index (χ3v) is 8.20. The van der Waals surface area contributed by atoms with Crippen molar-refractivity contribution in [2.75, 3.05) is 0 Å². The smallest absolute Gasteiger partial charge is 0.348 e. The van der Waals surface area contributed by atoms with Crippen molar-refractivity contribution in [1.82, 2.24) is 15.0 Å². The number of benzene rings is 2. The number of rotatable bonds is 5. The van der Waals surface area contributed by atoms with Gasteiger partial charge >= 0.3 is 5.92 Å². The van der Waals surface area contributed by atoms with Crippen molar-refractivity contribution in [2.45, 2.75) is 34.9 Å². The van der Waals surface area contributed by atoms with Crippen molar-refractivity contribution >= 4 is 82.4 Å². The lowest BCUT2D eigenvalue weighted by Gasteiger charge is -2.46. The lowest BCUT2D eigenvalue weighted by atomic mass is 9.45. The zero-order chi connectivity index (χ0) is 28.4. The molecule has 1 fully saturated rings. The summed E-state index contributed by atoms with van der Waals surface area (Å²) in [6.45, 7) is 0.102. The molecule has 2 aliphatic heterocycles. The number of hydrogen-bond donors (Lipinski definition) is 1. The summed E-state index contributed by atoms with van der Waals surface area (Å²) in [6.07, 6.45) is 0.153. The Morgan fingerprint density at radius 3 is 2.18 bits per heavy atom. The molecule has 1 saturated heterocycles. The molecule has 0 bridgehead atoms. The molecule has 0 radical (unpaired) electrons. The number of fused-ring (bicyclic) bond motifs is 1. The van der Waals surface area contributed by atoms with Crippen LogP contribution >= 0.6 is 11.6 Å². The maximum atomic E-state index is 15.1. The molecule has 190 valence electrons. The van der Waals surface area contributed by atoms with E-state index in [1.54, 1.807) is 57.4 Å². The lowest BCUT2D eigenvalue weighted by Crippen LogP contribution is -2.67. The predicted octanol–water partition coefficient (Wildman–Crippen LogP) is -3.40. The van der Waals surface area contributed by atoms with Crippen molar-refractivity contribution in [3.8, 4) is 0 Å². The fourth-order valence-corrected chi connectivity index (χ4v) is 5.31. The fraction of sp³-hybridized carbons (Fsp3) is 0.273. The Morgan fingerprint density at radius 2 is 1.58 bits per heavy atom. The summed E-state index contributed by atoms with van der Waals surface area (Å²) in [6, 6.07) is 9.76. The fourth-order valence-electron chi connectivity index (χ4n) is 5.19. The number of carbonyl (C=O) groups is 4. The molecule has 2 heterocycles. The lowest BCUT2D eigenvalue weighted by molar-refractivity contribution is -0.155. The molecule has 38 heavy (non-hydrogen) atoms. The number of amides is 4. The summed E-state index contributed by atoms with van der Waals surface area (Å²) in [5, 5.41) is 0.638. The first-order valence-electron chi connectivity index (χ1n) is 12.2. The molecule has 4 rings (SSSR count). The zero-order valence-corrected chi connectivity index (χ0v) is 22.9. The molecular weight excluding hydrogens is 509 g/mol. The van der Waals surface area contributed by atoms with Gasteiger partial charge < -0.3 is 9.71 Å². The van der Waals surface area contributed by atoms with Crippen LogP contribution in [0.1, 0.15) is 33.5 Å². The second-order valence-corrected chi connectivity index (χ2v) is 11.8. The highest BCUT2D eigenvalue weighted by atomic mass is 35.5. The van der Waals surface area contributed by atoms with Crippen molar-refractivity contribution in [3.63, 3.8) is 0 Å². The number of imide groups is 1. The van der Waals surface area contributed by atoms with Gasteiger partial charge in [0.2, 0.25) is 19.8 Å². The Morgan fingerprint density at radius 1 is 1.00 bits per heavy atom. The molecule has 4 amide bonds. The van der Waals surface area contributed by atoms with Gasteiger partial charge in [-0.05, 0) is 46.3 Å². The average molecular weight is 533 g/mol. The molecule has 2 aromatic carbocycles. The first-order chi connectivity index (χ1) is 17.4. The Bertz CT molecular complexity index is 1380. The second-order valence-electron chi connectivity index (χ2n) is 11.4. The summed E-state index contributed by atoms with van der Waals surface area (Å²) in [5.74, 6) is -6.46. The van der Waals surface area contributed by atoms with E-state index < -0.39 is 45.2 Å². The maximum Gasteiger partial charge on any atom is 0.348 e. The Labute approximate surface area is 229 Å². The molecule has 0 spiro atoms. The minimum absolute atomic E-state index is 0.102. The standard InChI is InChI=1S/C22H24B6ClF2N3O4/c23-19(24)9-20(25,17(37)32-16(19)36)33-8-10-7-12(3-6-14(10)15(33)35)22(26,27)34(28)18(38)21(30,31)11-1-4-13(29)5-2-11/h1-7H,8-9,23-28H2,(H,32,36,37)/t20-/m1/s1. The van der Waals surface area contributed by atoms with E-state index >= 15 is 8.78 Å². The van der Waals surface area contributed by atoms with Crippen molar-refractivity contribution < 1.29 is 28.0 Å². The van der Waals surface area contributed by atoms with Gasteiger partial charge in [-0.25, -0.2) is 0 Å². The number of carbonyl (C=O) groups excluding carboxylic acids is 4. The highest BCUT2D eigenvalue weighted by Crippen LogP contribution is 2.40. The van der Waals surface area contributed by atoms with Crippen LogP contribution < -0.4 is 5.32 Å². The van der Waals surface area contributed by atoms with Crippen LogP contribution in [0.4, 0.5) is 8.78 Å². The molecular formula is C22H24B6ClF2N3O4. The van der Waals surface area contributed by atoms with Gasteiger partial charge in [-0.1, -0.05) is 35.9 Å². The van der Waals surface area contributed by atoms with Crippen LogP contribution in [0.2, 0.25) is 10.2 Å². The van der Waals surface area contributed by atoms with E-state index in [2.05, 4.69) is 5.32 Å². The monoisotopic (exact) mass is 533 g/mol. The van der Waals surface area contributed by atoms with Crippen LogP contribution in [0.15, 0.2) is 42.5 Å². The van der Waals surface area contributed by atoms with Gasteiger partial charge in [0.15, 0.2) is 0 Å². The predicted molar refractivity (Wildman–Crippen MR) is 155 cm³/mol. The summed E-state index contributed by atoms with van der Waals surface area (Å²) in [5.41, 5.74) is -0.188. The Hall–Kier alpha value is -2.94. The van der Waals surface area contributed by atoms with Gasteiger partial charge in [0.1, 0.15) is 39.2 Å². The summed E-state index contributed by atoms with van der Waals surface area (Å²) < 4.78 is 30.3. The van der Waals surface area contributed by atoms with Gasteiger partial charge in [0.25, 0.3) is 11.8 Å². The third kappa shape index (κ3) is 4.38. The Balaban J connectivity index is 1.62. The first-order valence-corrected chi connectivity index (χ1v) is 12.5. The molecule has 7 nitrogen and oxygen atoms in total. The Kier molecular flexibility index (Phi) is 6.70. The minimum atomic E-state index is -3.78. The normalized spacial score (nSPS) is 21.1. The van der Waals surface area contributed by atoms with E-state index in [9.17, 15) is 19.2 Å². The van der Waals surface area contributed by atoms with Gasteiger partial charge in [-0.3, -0.25) is 24.5 Å². The van der Waals surface area contributed by atoms with E-state index in [1.807, 2.05) is 0 Å². The van der Waals surface area contributed by atoms with Crippen molar-refractivity contribution in [1.29, 1.82) is 0 Å². The third-order valence-electron chi connectivity index (χ3n) is 7.95. The number of piperidine rings is 1. The molecule has 1 N–H and O–H groups in total. The molecule has 0 aromatic heterocycles. The highest BCUT2D eigenvalue weighted by Gasteiger charge is 2.54.